The summed E-state index contributed by atoms with van der Waals surface area (Å²) in [6.07, 6.45) is 3.41. The van der Waals surface area contributed by atoms with Gasteiger partial charge in [-0.25, -0.2) is 4.98 Å². The third-order valence-electron chi connectivity index (χ3n) is 6.15. The summed E-state index contributed by atoms with van der Waals surface area (Å²) in [5, 5.41) is 19.0. The van der Waals surface area contributed by atoms with Gasteiger partial charge in [0.05, 0.1) is 17.5 Å². The van der Waals surface area contributed by atoms with Crippen LogP contribution in [0.5, 0.6) is 0 Å². The van der Waals surface area contributed by atoms with Crippen molar-refractivity contribution >= 4 is 34.9 Å². The standard InChI is InChI=1S/C27H28N4O4/c1-16-7-10-21(14-23(16)26(34)31-22-11-12-24(28-15-22)29-17(2)32)30-25(33)18-5-4-6-20(13-18)27(3,35)19-8-9-19/h4-7,10-15,19,35H,8-9H2,1-3H3,(H,30,33)(H,31,34)(H,28,29,32). The second-order valence-electron chi connectivity index (χ2n) is 9.05. The van der Waals surface area contributed by atoms with E-state index in [0.717, 1.165) is 24.0 Å². The Morgan fingerprint density at radius 3 is 2.31 bits per heavy atom. The maximum absolute atomic E-state index is 12.9. The number of nitrogens with one attached hydrogen (secondary N) is 3. The van der Waals surface area contributed by atoms with Crippen LogP contribution < -0.4 is 16.0 Å². The fourth-order valence-corrected chi connectivity index (χ4v) is 3.92. The number of benzene rings is 2. The molecule has 1 fully saturated rings. The second-order valence-corrected chi connectivity index (χ2v) is 9.05. The lowest BCUT2D eigenvalue weighted by Gasteiger charge is -2.24. The van der Waals surface area contributed by atoms with Gasteiger partial charge in [0, 0.05) is 23.7 Å². The monoisotopic (exact) mass is 472 g/mol. The van der Waals surface area contributed by atoms with E-state index in [1.54, 1.807) is 55.5 Å². The van der Waals surface area contributed by atoms with Gasteiger partial charge in [-0.15, -0.1) is 0 Å². The first-order valence-electron chi connectivity index (χ1n) is 11.4. The van der Waals surface area contributed by atoms with Crippen molar-refractivity contribution in [3.63, 3.8) is 0 Å². The largest absolute Gasteiger partial charge is 0.385 e. The Labute approximate surface area is 203 Å². The molecule has 1 unspecified atom stereocenters. The van der Waals surface area contributed by atoms with E-state index in [2.05, 4.69) is 20.9 Å². The number of pyridine rings is 1. The van der Waals surface area contributed by atoms with Crippen LogP contribution in [0.15, 0.2) is 60.8 Å². The number of carbonyl (C=O) groups excluding carboxylic acids is 3. The van der Waals surface area contributed by atoms with E-state index in [9.17, 15) is 19.5 Å². The smallest absolute Gasteiger partial charge is 0.256 e. The zero-order valence-electron chi connectivity index (χ0n) is 19.9. The first-order chi connectivity index (χ1) is 16.6. The molecule has 3 amide bonds. The average Bonchev–Trinajstić information content (AvgIpc) is 3.67. The third-order valence-corrected chi connectivity index (χ3v) is 6.15. The van der Waals surface area contributed by atoms with Gasteiger partial charge in [0.1, 0.15) is 5.82 Å². The third kappa shape index (κ3) is 5.73. The van der Waals surface area contributed by atoms with E-state index in [4.69, 9.17) is 0 Å². The van der Waals surface area contributed by atoms with E-state index in [-0.39, 0.29) is 23.6 Å². The summed E-state index contributed by atoms with van der Waals surface area (Å²) in [6, 6.07) is 15.4. The van der Waals surface area contributed by atoms with Gasteiger partial charge in [0.15, 0.2) is 0 Å². The number of hydrogen-bond donors (Lipinski definition) is 4. The van der Waals surface area contributed by atoms with Crippen molar-refractivity contribution in [2.45, 2.75) is 39.2 Å². The number of anilines is 3. The van der Waals surface area contributed by atoms with Gasteiger partial charge in [-0.1, -0.05) is 18.2 Å². The highest BCUT2D eigenvalue weighted by Gasteiger charge is 2.41. The van der Waals surface area contributed by atoms with Crippen LogP contribution in [0.2, 0.25) is 0 Å². The molecule has 0 spiro atoms. The van der Waals surface area contributed by atoms with Gasteiger partial charge < -0.3 is 21.1 Å². The summed E-state index contributed by atoms with van der Waals surface area (Å²) in [6.45, 7) is 4.98. The predicted molar refractivity (Wildman–Crippen MR) is 134 cm³/mol. The molecule has 0 bridgehead atoms. The van der Waals surface area contributed by atoms with Crippen LogP contribution in [0.25, 0.3) is 0 Å². The number of nitrogens with zero attached hydrogens (tertiary/aromatic N) is 1. The zero-order valence-corrected chi connectivity index (χ0v) is 19.9. The van der Waals surface area contributed by atoms with Crippen molar-refractivity contribution in [1.82, 2.24) is 4.98 Å². The number of carbonyl (C=O) groups is 3. The minimum Gasteiger partial charge on any atom is -0.385 e. The molecule has 0 radical (unpaired) electrons. The molecular formula is C27H28N4O4. The highest BCUT2D eigenvalue weighted by molar-refractivity contribution is 6.08. The molecule has 1 heterocycles. The molecule has 8 heteroatoms. The Kier molecular flexibility index (Phi) is 6.66. The van der Waals surface area contributed by atoms with Crippen LogP contribution in [-0.4, -0.2) is 27.8 Å². The topological polar surface area (TPSA) is 120 Å². The molecule has 1 saturated carbocycles. The molecule has 4 rings (SSSR count). The first kappa shape index (κ1) is 24.1. The number of aromatic nitrogens is 1. The SMILES string of the molecule is CC(=O)Nc1ccc(NC(=O)c2cc(NC(=O)c3cccc(C(C)(O)C4CC4)c3)ccc2C)cn1. The number of hydrogen-bond acceptors (Lipinski definition) is 5. The zero-order chi connectivity index (χ0) is 25.2. The fourth-order valence-electron chi connectivity index (χ4n) is 3.92. The molecule has 0 saturated heterocycles. The summed E-state index contributed by atoms with van der Waals surface area (Å²) >= 11 is 0. The molecule has 1 aromatic heterocycles. The van der Waals surface area contributed by atoms with Crippen molar-refractivity contribution in [3.05, 3.63) is 83.0 Å². The summed E-state index contributed by atoms with van der Waals surface area (Å²) in [5.41, 5.74) is 2.28. The summed E-state index contributed by atoms with van der Waals surface area (Å²) in [7, 11) is 0. The van der Waals surface area contributed by atoms with E-state index < -0.39 is 5.60 Å². The molecule has 1 atom stereocenters. The molecule has 3 aromatic rings. The van der Waals surface area contributed by atoms with Crippen LogP contribution in [0, 0.1) is 12.8 Å². The van der Waals surface area contributed by atoms with Crippen LogP contribution in [0.3, 0.4) is 0 Å². The van der Waals surface area contributed by atoms with Gasteiger partial charge in [0.25, 0.3) is 11.8 Å². The Hall–Kier alpha value is -4.04. The van der Waals surface area contributed by atoms with E-state index in [0.29, 0.717) is 28.3 Å². The normalized spacial score (nSPS) is 14.5. The van der Waals surface area contributed by atoms with E-state index in [1.807, 2.05) is 13.0 Å². The van der Waals surface area contributed by atoms with Crippen molar-refractivity contribution in [1.29, 1.82) is 0 Å². The van der Waals surface area contributed by atoms with Gasteiger partial charge in [-0.05, 0) is 80.1 Å². The molecule has 8 nitrogen and oxygen atoms in total. The summed E-state index contributed by atoms with van der Waals surface area (Å²) in [5.74, 6) is -0.305. The van der Waals surface area contributed by atoms with Gasteiger partial charge >= 0.3 is 0 Å². The lowest BCUT2D eigenvalue weighted by molar-refractivity contribution is -0.114. The highest BCUT2D eigenvalue weighted by atomic mass is 16.3. The Balaban J connectivity index is 1.47. The fraction of sp³-hybridized carbons (Fsp3) is 0.259. The van der Waals surface area contributed by atoms with Gasteiger partial charge in [-0.2, -0.15) is 0 Å². The van der Waals surface area contributed by atoms with Crippen LogP contribution in [0.4, 0.5) is 17.2 Å². The second kappa shape index (κ2) is 9.68. The number of rotatable bonds is 7. The van der Waals surface area contributed by atoms with E-state index >= 15 is 0 Å². The molecule has 1 aliphatic rings. The molecule has 4 N–H and O–H groups in total. The number of aliphatic hydroxyl groups is 1. The molecule has 35 heavy (non-hydrogen) atoms. The maximum atomic E-state index is 12.9. The minimum atomic E-state index is -0.958. The quantitative estimate of drug-likeness (QED) is 0.404. The maximum Gasteiger partial charge on any atom is 0.256 e. The van der Waals surface area contributed by atoms with Crippen LogP contribution in [-0.2, 0) is 10.4 Å². The summed E-state index contributed by atoms with van der Waals surface area (Å²) in [4.78, 5) is 41.0. The molecule has 1 aliphatic carbocycles. The predicted octanol–water partition coefficient (Wildman–Crippen LogP) is 4.47. The van der Waals surface area contributed by atoms with Crippen LogP contribution in [0.1, 0.15) is 58.5 Å². The van der Waals surface area contributed by atoms with Crippen molar-refractivity contribution < 1.29 is 19.5 Å². The Bertz CT molecular complexity index is 1280. The molecular weight excluding hydrogens is 444 g/mol. The minimum absolute atomic E-state index is 0.218. The highest BCUT2D eigenvalue weighted by Crippen LogP contribution is 2.45. The molecule has 0 aliphatic heterocycles. The lowest BCUT2D eigenvalue weighted by Crippen LogP contribution is -2.24. The van der Waals surface area contributed by atoms with Crippen molar-refractivity contribution in [2.75, 3.05) is 16.0 Å². The van der Waals surface area contributed by atoms with Crippen LogP contribution >= 0.6 is 0 Å². The van der Waals surface area contributed by atoms with Crippen molar-refractivity contribution in [3.8, 4) is 0 Å². The Morgan fingerprint density at radius 2 is 1.66 bits per heavy atom. The summed E-state index contributed by atoms with van der Waals surface area (Å²) < 4.78 is 0. The van der Waals surface area contributed by atoms with Crippen molar-refractivity contribution in [2.24, 2.45) is 5.92 Å². The average molecular weight is 473 g/mol. The first-order valence-corrected chi connectivity index (χ1v) is 11.4. The Morgan fingerprint density at radius 1 is 0.943 bits per heavy atom. The molecule has 180 valence electrons. The molecule has 2 aromatic carbocycles. The van der Waals surface area contributed by atoms with E-state index in [1.165, 1.54) is 13.1 Å². The van der Waals surface area contributed by atoms with Gasteiger partial charge in [-0.3, -0.25) is 14.4 Å². The number of aryl methyl sites for hydroxylation is 1. The van der Waals surface area contributed by atoms with Gasteiger partial charge in [0.2, 0.25) is 5.91 Å². The lowest BCUT2D eigenvalue weighted by atomic mass is 9.90. The number of amides is 3.